The topological polar surface area (TPSA) is 29.5 Å². The first-order valence-electron chi connectivity index (χ1n) is 8.38. The summed E-state index contributed by atoms with van der Waals surface area (Å²) in [6.07, 6.45) is -0.873. The van der Waals surface area contributed by atoms with Gasteiger partial charge >= 0.3 is 6.09 Å². The van der Waals surface area contributed by atoms with E-state index in [-0.39, 0.29) is 17.0 Å². The number of rotatable bonds is 4. The van der Waals surface area contributed by atoms with Crippen LogP contribution >= 0.6 is 23.4 Å². The predicted molar refractivity (Wildman–Crippen MR) is 98.7 cm³/mol. The summed E-state index contributed by atoms with van der Waals surface area (Å²) >= 11 is 6.87. The first-order chi connectivity index (χ1) is 12.0. The number of hydrogen-bond donors (Lipinski definition) is 0. The smallest absolute Gasteiger partial charge is 0.410 e. The van der Waals surface area contributed by atoms with E-state index >= 15 is 0 Å². The quantitative estimate of drug-likeness (QED) is 0.667. The van der Waals surface area contributed by atoms with Gasteiger partial charge in [-0.3, -0.25) is 4.90 Å². The lowest BCUT2D eigenvalue weighted by Crippen LogP contribution is -2.43. The zero-order valence-corrected chi connectivity index (χ0v) is 16.8. The van der Waals surface area contributed by atoms with Gasteiger partial charge in [0, 0.05) is 0 Å². The van der Waals surface area contributed by atoms with Gasteiger partial charge < -0.3 is 4.74 Å². The molecule has 1 saturated heterocycles. The van der Waals surface area contributed by atoms with Gasteiger partial charge in [0.2, 0.25) is 0 Å². The molecule has 0 bridgehead atoms. The van der Waals surface area contributed by atoms with Gasteiger partial charge in [0.1, 0.15) is 11.4 Å². The minimum absolute atomic E-state index is 0.0567. The molecule has 146 valence electrons. The van der Waals surface area contributed by atoms with E-state index in [0.29, 0.717) is 5.75 Å². The third-order valence-corrected chi connectivity index (χ3v) is 5.63. The van der Waals surface area contributed by atoms with E-state index in [2.05, 4.69) is 0 Å². The van der Waals surface area contributed by atoms with Gasteiger partial charge in [-0.15, -0.1) is 0 Å². The fourth-order valence-electron chi connectivity index (χ4n) is 2.96. The minimum atomic E-state index is -3.09. The van der Waals surface area contributed by atoms with Crippen LogP contribution in [-0.4, -0.2) is 46.1 Å². The van der Waals surface area contributed by atoms with Crippen molar-refractivity contribution in [3.8, 4) is 0 Å². The Balaban J connectivity index is 2.36. The zero-order chi connectivity index (χ0) is 19.7. The Morgan fingerprint density at radius 1 is 1.42 bits per heavy atom. The summed E-state index contributed by atoms with van der Waals surface area (Å²) in [5.74, 6) is -3.28. The van der Waals surface area contributed by atoms with Crippen LogP contribution in [0.1, 0.15) is 33.3 Å². The third-order valence-electron chi connectivity index (χ3n) is 3.98. The van der Waals surface area contributed by atoms with Crippen molar-refractivity contribution in [3.63, 3.8) is 0 Å². The summed E-state index contributed by atoms with van der Waals surface area (Å²) in [7, 11) is 0. The molecule has 1 aliphatic rings. The van der Waals surface area contributed by atoms with E-state index in [9.17, 15) is 18.0 Å². The van der Waals surface area contributed by atoms with Crippen LogP contribution in [0.25, 0.3) is 0 Å². The number of likely N-dealkylation sites (tertiary alicyclic amines) is 1. The number of carbonyl (C=O) groups excluding carboxylic acids is 1. The highest BCUT2D eigenvalue weighted by molar-refractivity contribution is 8.00. The summed E-state index contributed by atoms with van der Waals surface area (Å²) < 4.78 is 48.8. The van der Waals surface area contributed by atoms with Crippen molar-refractivity contribution in [1.82, 2.24) is 4.90 Å². The molecule has 0 aliphatic carbocycles. The first-order valence-corrected chi connectivity index (χ1v) is 9.81. The van der Waals surface area contributed by atoms with Crippen molar-refractivity contribution in [3.05, 3.63) is 34.6 Å². The molecule has 1 aromatic carbocycles. The van der Waals surface area contributed by atoms with Crippen LogP contribution in [0.5, 0.6) is 0 Å². The van der Waals surface area contributed by atoms with Crippen LogP contribution in [-0.2, 0) is 11.2 Å². The Hall–Kier alpha value is -1.08. The fraction of sp³-hybridized carbons (Fsp3) is 0.611. The second-order valence-corrected chi connectivity index (χ2v) is 9.06. The van der Waals surface area contributed by atoms with Crippen molar-refractivity contribution in [2.45, 2.75) is 56.9 Å². The molecule has 0 saturated carbocycles. The van der Waals surface area contributed by atoms with Crippen molar-refractivity contribution >= 4 is 29.5 Å². The number of halogens is 4. The molecule has 1 heterocycles. The molecule has 1 unspecified atom stereocenters. The lowest BCUT2D eigenvalue weighted by atomic mass is 10.0. The van der Waals surface area contributed by atoms with Gasteiger partial charge in [0.05, 0.1) is 22.9 Å². The molecule has 1 aromatic rings. The van der Waals surface area contributed by atoms with Gasteiger partial charge in [-0.25, -0.2) is 18.0 Å². The van der Waals surface area contributed by atoms with E-state index in [1.54, 1.807) is 33.8 Å². The number of nitrogens with zero attached hydrogens (tertiary/aromatic N) is 1. The largest absolute Gasteiger partial charge is 0.444 e. The van der Waals surface area contributed by atoms with E-state index in [4.69, 9.17) is 16.3 Å². The number of thioether (sulfide) groups is 1. The zero-order valence-electron chi connectivity index (χ0n) is 15.2. The van der Waals surface area contributed by atoms with Crippen LogP contribution in [0.3, 0.4) is 0 Å². The molecule has 8 heteroatoms. The van der Waals surface area contributed by atoms with Crippen molar-refractivity contribution in [2.24, 2.45) is 0 Å². The van der Waals surface area contributed by atoms with E-state index in [1.807, 2.05) is 0 Å². The highest BCUT2D eigenvalue weighted by Crippen LogP contribution is 2.42. The highest BCUT2D eigenvalue weighted by Gasteiger charge is 2.56. The molecule has 2 rings (SSSR count). The maximum absolute atomic E-state index is 14.6. The molecule has 26 heavy (non-hydrogen) atoms. The molecular formula is C18H23ClF3NO2S. The summed E-state index contributed by atoms with van der Waals surface area (Å²) in [6.45, 7) is 6.04. The lowest BCUT2D eigenvalue weighted by Gasteiger charge is -2.30. The van der Waals surface area contributed by atoms with Gasteiger partial charge in [0.15, 0.2) is 0 Å². The molecule has 0 radical (unpaired) electrons. The number of ether oxygens (including phenoxy) is 1. The average molecular weight is 410 g/mol. The van der Waals surface area contributed by atoms with Crippen molar-refractivity contribution in [1.29, 1.82) is 0 Å². The standard InChI is InChI=1S/C18H23ClF3NO2S/c1-5-26-15-13(9-11-7-6-8-12(19)14(11)20)23(10-18(15,21)22)16(24)25-17(2,3)4/h6-8,13,15H,5,9-10H2,1-4H3/t13-,15?/m1/s1. The molecule has 0 spiro atoms. The molecule has 1 aliphatic heterocycles. The van der Waals surface area contributed by atoms with Gasteiger partial charge in [-0.05, 0) is 44.6 Å². The van der Waals surface area contributed by atoms with Gasteiger partial charge in [-0.1, -0.05) is 30.7 Å². The minimum Gasteiger partial charge on any atom is -0.444 e. The summed E-state index contributed by atoms with van der Waals surface area (Å²) in [5.41, 5.74) is -0.607. The maximum Gasteiger partial charge on any atom is 0.410 e. The number of carbonyl (C=O) groups is 1. The second-order valence-electron chi connectivity index (χ2n) is 7.23. The Bertz CT molecular complexity index is 666. The SMILES string of the molecule is CCSC1[C@@H](Cc2cccc(Cl)c2F)N(C(=O)OC(C)(C)C)CC1(F)F. The Morgan fingerprint density at radius 3 is 2.65 bits per heavy atom. The summed E-state index contributed by atoms with van der Waals surface area (Å²) in [5, 5.41) is -1.21. The maximum atomic E-state index is 14.6. The van der Waals surface area contributed by atoms with Crippen LogP contribution in [0, 0.1) is 5.82 Å². The third kappa shape index (κ3) is 4.80. The summed E-state index contributed by atoms with van der Waals surface area (Å²) in [6, 6.07) is 3.57. The van der Waals surface area contributed by atoms with Crippen molar-refractivity contribution < 1.29 is 22.7 Å². The van der Waals surface area contributed by atoms with E-state index in [0.717, 1.165) is 16.7 Å². The number of amides is 1. The molecular weight excluding hydrogens is 387 g/mol. The van der Waals surface area contributed by atoms with Crippen LogP contribution in [0.2, 0.25) is 5.02 Å². The van der Waals surface area contributed by atoms with Gasteiger partial charge in [-0.2, -0.15) is 11.8 Å². The Kier molecular flexibility index (Phi) is 6.44. The number of alkyl halides is 2. The molecule has 0 N–H and O–H groups in total. The second kappa shape index (κ2) is 7.89. The van der Waals surface area contributed by atoms with Crippen LogP contribution in [0.15, 0.2) is 18.2 Å². The summed E-state index contributed by atoms with van der Waals surface area (Å²) in [4.78, 5) is 13.5. The fourth-order valence-corrected chi connectivity index (χ4v) is 4.30. The van der Waals surface area contributed by atoms with Gasteiger partial charge in [0.25, 0.3) is 5.92 Å². The normalized spacial score (nSPS) is 22.5. The molecule has 1 fully saturated rings. The molecule has 0 aromatic heterocycles. The van der Waals surface area contributed by atoms with Crippen LogP contribution < -0.4 is 0 Å². The molecule has 2 atom stereocenters. The lowest BCUT2D eigenvalue weighted by molar-refractivity contribution is -0.000572. The highest BCUT2D eigenvalue weighted by atomic mass is 35.5. The Morgan fingerprint density at radius 2 is 2.08 bits per heavy atom. The number of benzene rings is 1. The molecule has 1 amide bonds. The molecule has 3 nitrogen and oxygen atoms in total. The number of hydrogen-bond acceptors (Lipinski definition) is 3. The van der Waals surface area contributed by atoms with E-state index < -0.39 is 41.3 Å². The average Bonchev–Trinajstić information content (AvgIpc) is 2.75. The van der Waals surface area contributed by atoms with Crippen molar-refractivity contribution in [2.75, 3.05) is 12.3 Å². The Labute approximate surface area is 161 Å². The van der Waals surface area contributed by atoms with Crippen LogP contribution in [0.4, 0.5) is 18.0 Å². The predicted octanol–water partition coefficient (Wildman–Crippen LogP) is 5.40. The first kappa shape index (κ1) is 21.2. The monoisotopic (exact) mass is 409 g/mol. The van der Waals surface area contributed by atoms with E-state index in [1.165, 1.54) is 12.1 Å².